The van der Waals surface area contributed by atoms with Crippen molar-refractivity contribution in [1.29, 1.82) is 0 Å². The third-order valence-electron chi connectivity index (χ3n) is 7.17. The Bertz CT molecular complexity index is 1340. The molecule has 11 heteroatoms. The molecule has 0 spiro atoms. The van der Waals surface area contributed by atoms with E-state index in [9.17, 15) is 35.1 Å². The predicted octanol–water partition coefficient (Wildman–Crippen LogP) is 10.5. The first-order valence-electron chi connectivity index (χ1n) is 13.4. The number of hydrogen-bond donors (Lipinski definition) is 0. The van der Waals surface area contributed by atoms with E-state index in [1.807, 2.05) is 0 Å². The Morgan fingerprint density at radius 2 is 1.33 bits per heavy atom. The van der Waals surface area contributed by atoms with Gasteiger partial charge in [-0.05, 0) is 67.0 Å². The van der Waals surface area contributed by atoms with Gasteiger partial charge in [-0.2, -0.15) is 26.3 Å². The number of benzene rings is 3. The van der Waals surface area contributed by atoms with Crippen molar-refractivity contribution in [2.45, 2.75) is 57.7 Å². The van der Waals surface area contributed by atoms with Gasteiger partial charge in [-0.25, -0.2) is 8.78 Å². The first-order valence-corrected chi connectivity index (χ1v) is 13.4. The Morgan fingerprint density at radius 1 is 0.786 bits per heavy atom. The van der Waals surface area contributed by atoms with Gasteiger partial charge in [0.1, 0.15) is 11.5 Å². The zero-order chi connectivity index (χ0) is 30.5. The first-order chi connectivity index (χ1) is 19.9. The van der Waals surface area contributed by atoms with Crippen molar-refractivity contribution in [3.8, 4) is 28.4 Å². The van der Waals surface area contributed by atoms with Gasteiger partial charge in [-0.1, -0.05) is 44.0 Å². The highest BCUT2D eigenvalue weighted by Crippen LogP contribution is 2.41. The van der Waals surface area contributed by atoms with Crippen LogP contribution < -0.4 is 14.2 Å². The number of ether oxygens (including phenoxy) is 3. The zero-order valence-electron chi connectivity index (χ0n) is 22.5. The molecule has 1 fully saturated rings. The molecule has 0 saturated heterocycles. The molecular formula is C31H28F8O3. The average molecular weight is 601 g/mol. The molecule has 0 atom stereocenters. The summed E-state index contributed by atoms with van der Waals surface area (Å²) in [4.78, 5) is 0. The SMILES string of the molecule is CCCC1CCC(C(F)(F)Oc2ccc(-c3ccc(C(F)(F)Oc4cc(F)c(OC=C(F)F)c(F)c4)cc3)cc2)CC1. The molecule has 4 rings (SSSR count). The number of rotatable bonds is 11. The predicted molar refractivity (Wildman–Crippen MR) is 140 cm³/mol. The van der Waals surface area contributed by atoms with Crippen molar-refractivity contribution in [3.63, 3.8) is 0 Å². The highest BCUT2D eigenvalue weighted by atomic mass is 19.3. The molecular weight excluding hydrogens is 572 g/mol. The summed E-state index contributed by atoms with van der Waals surface area (Å²) in [5, 5.41) is 0. The lowest BCUT2D eigenvalue weighted by atomic mass is 9.79. The number of hydrogen-bond acceptors (Lipinski definition) is 3. The normalized spacial score (nSPS) is 17.5. The van der Waals surface area contributed by atoms with Crippen molar-refractivity contribution in [2.24, 2.45) is 11.8 Å². The van der Waals surface area contributed by atoms with Crippen LogP contribution in [-0.2, 0) is 6.11 Å². The molecule has 1 saturated carbocycles. The van der Waals surface area contributed by atoms with E-state index in [4.69, 9.17) is 4.74 Å². The maximum Gasteiger partial charge on any atom is 0.426 e. The van der Waals surface area contributed by atoms with E-state index in [1.54, 1.807) is 0 Å². The summed E-state index contributed by atoms with van der Waals surface area (Å²) in [6.07, 6.45) is -5.49. The minimum Gasteiger partial charge on any atom is -0.453 e. The fourth-order valence-corrected chi connectivity index (χ4v) is 5.03. The number of alkyl halides is 4. The Morgan fingerprint density at radius 3 is 1.86 bits per heavy atom. The summed E-state index contributed by atoms with van der Waals surface area (Å²) < 4.78 is 125. The Kier molecular flexibility index (Phi) is 9.68. The molecule has 0 heterocycles. The smallest absolute Gasteiger partial charge is 0.426 e. The lowest BCUT2D eigenvalue weighted by Crippen LogP contribution is -2.37. The molecule has 0 amide bonds. The topological polar surface area (TPSA) is 27.7 Å². The fraction of sp³-hybridized carbons (Fsp3) is 0.355. The first kappa shape index (κ1) is 31.2. The van der Waals surface area contributed by atoms with Crippen LogP contribution in [0.15, 0.2) is 73.0 Å². The molecule has 0 unspecified atom stereocenters. The maximum atomic E-state index is 14.8. The fourth-order valence-electron chi connectivity index (χ4n) is 5.03. The molecule has 3 aromatic rings. The van der Waals surface area contributed by atoms with Gasteiger partial charge in [0.2, 0.25) is 0 Å². The molecule has 0 bridgehead atoms. The van der Waals surface area contributed by atoms with Crippen LogP contribution in [0.2, 0.25) is 0 Å². The van der Waals surface area contributed by atoms with Crippen molar-refractivity contribution >= 4 is 0 Å². The van der Waals surface area contributed by atoms with Crippen molar-refractivity contribution in [1.82, 2.24) is 0 Å². The van der Waals surface area contributed by atoms with E-state index in [2.05, 4.69) is 16.4 Å². The van der Waals surface area contributed by atoms with Crippen LogP contribution in [0, 0.1) is 23.5 Å². The Labute approximate surface area is 237 Å². The highest BCUT2D eigenvalue weighted by Gasteiger charge is 2.44. The van der Waals surface area contributed by atoms with Crippen LogP contribution >= 0.6 is 0 Å². The van der Waals surface area contributed by atoms with Crippen LogP contribution in [0.4, 0.5) is 35.1 Å². The van der Waals surface area contributed by atoms with E-state index >= 15 is 0 Å². The van der Waals surface area contributed by atoms with Crippen molar-refractivity contribution in [2.75, 3.05) is 0 Å². The standard InChI is InChI=1S/C31H28F8O3/c1-2-3-19-4-10-22(11-5-19)30(36,37)41-24-14-8-21(9-15-24)20-6-12-23(13-7-20)31(38,39)42-25-16-26(32)29(27(33)17-25)40-18-28(34)35/h6-9,12-19,22H,2-5,10-11H2,1H3. The molecule has 226 valence electrons. The second kappa shape index (κ2) is 13.0. The summed E-state index contributed by atoms with van der Waals surface area (Å²) in [5.74, 6) is -5.56. The molecule has 0 aromatic heterocycles. The Balaban J connectivity index is 1.39. The second-order valence-electron chi connectivity index (χ2n) is 10.1. The summed E-state index contributed by atoms with van der Waals surface area (Å²) in [5.41, 5.74) is 0.372. The van der Waals surface area contributed by atoms with Gasteiger partial charge in [-0.3, -0.25) is 0 Å². The summed E-state index contributed by atoms with van der Waals surface area (Å²) >= 11 is 0. The molecule has 1 aliphatic rings. The summed E-state index contributed by atoms with van der Waals surface area (Å²) in [6.45, 7) is 2.08. The maximum absolute atomic E-state index is 14.8. The lowest BCUT2D eigenvalue weighted by Gasteiger charge is -2.33. The van der Waals surface area contributed by atoms with E-state index in [-0.39, 0.29) is 12.0 Å². The van der Waals surface area contributed by atoms with E-state index in [0.717, 1.165) is 37.8 Å². The molecule has 3 nitrogen and oxygen atoms in total. The van der Waals surface area contributed by atoms with E-state index in [0.29, 0.717) is 42.0 Å². The molecule has 0 N–H and O–H groups in total. The summed E-state index contributed by atoms with van der Waals surface area (Å²) in [7, 11) is 0. The van der Waals surface area contributed by atoms with Crippen LogP contribution in [0.3, 0.4) is 0 Å². The average Bonchev–Trinajstić information content (AvgIpc) is 2.93. The summed E-state index contributed by atoms with van der Waals surface area (Å²) in [6, 6.07) is 11.3. The van der Waals surface area contributed by atoms with Gasteiger partial charge in [0.15, 0.2) is 23.6 Å². The number of halogens is 8. The third kappa shape index (κ3) is 7.74. The molecule has 3 aromatic carbocycles. The van der Waals surface area contributed by atoms with Crippen molar-refractivity contribution in [3.05, 3.63) is 90.2 Å². The van der Waals surface area contributed by atoms with Gasteiger partial charge in [0.05, 0.1) is 11.5 Å². The highest BCUT2D eigenvalue weighted by molar-refractivity contribution is 5.64. The molecule has 0 aliphatic heterocycles. The molecule has 42 heavy (non-hydrogen) atoms. The van der Waals surface area contributed by atoms with Crippen LogP contribution in [0.1, 0.15) is 51.0 Å². The van der Waals surface area contributed by atoms with Crippen LogP contribution in [0.25, 0.3) is 11.1 Å². The van der Waals surface area contributed by atoms with Gasteiger partial charge in [0.25, 0.3) is 0 Å². The van der Waals surface area contributed by atoms with Crippen LogP contribution in [0.5, 0.6) is 17.2 Å². The van der Waals surface area contributed by atoms with E-state index < -0.39 is 52.9 Å². The molecule has 1 aliphatic carbocycles. The zero-order valence-corrected chi connectivity index (χ0v) is 22.5. The van der Waals surface area contributed by atoms with Crippen LogP contribution in [-0.4, -0.2) is 6.11 Å². The third-order valence-corrected chi connectivity index (χ3v) is 7.17. The second-order valence-corrected chi connectivity index (χ2v) is 10.1. The monoisotopic (exact) mass is 600 g/mol. The van der Waals surface area contributed by atoms with Crippen molar-refractivity contribution < 1.29 is 49.3 Å². The molecule has 0 radical (unpaired) electrons. The van der Waals surface area contributed by atoms with Gasteiger partial charge in [0, 0.05) is 12.1 Å². The minimum atomic E-state index is -4.02. The largest absolute Gasteiger partial charge is 0.453 e. The Hall–Kier alpha value is -3.76. The van der Waals surface area contributed by atoms with Gasteiger partial charge >= 0.3 is 18.3 Å². The van der Waals surface area contributed by atoms with Gasteiger partial charge in [-0.15, -0.1) is 0 Å². The van der Waals surface area contributed by atoms with Gasteiger partial charge < -0.3 is 14.2 Å². The van der Waals surface area contributed by atoms with E-state index in [1.165, 1.54) is 36.4 Å². The minimum absolute atomic E-state index is 0.0160. The quantitative estimate of drug-likeness (QED) is 0.162. The lowest BCUT2D eigenvalue weighted by molar-refractivity contribution is -0.223.